The second-order valence-electron chi connectivity index (χ2n) is 3.30. The van der Waals surface area contributed by atoms with E-state index in [0.29, 0.717) is 17.4 Å². The molecule has 3 N–H and O–H groups in total. The number of thiocarbonyl (C=S) groups is 1. The highest BCUT2D eigenvalue weighted by atomic mass is 32.1. The summed E-state index contributed by atoms with van der Waals surface area (Å²) in [7, 11) is 1.49. The average Bonchev–Trinajstić information content (AvgIpc) is 2.36. The molecule has 0 unspecified atom stereocenters. The van der Waals surface area contributed by atoms with E-state index in [9.17, 15) is 5.11 Å². The lowest BCUT2D eigenvalue weighted by Crippen LogP contribution is -2.31. The Morgan fingerprint density at radius 2 is 2.39 bits per heavy atom. The number of nitrogens with one attached hydrogen (secondary N) is 2. The molecule has 0 aromatic heterocycles. The van der Waals surface area contributed by atoms with Crippen molar-refractivity contribution in [2.75, 3.05) is 13.7 Å². The third kappa shape index (κ3) is 4.42. The summed E-state index contributed by atoms with van der Waals surface area (Å²) in [6.07, 6.45) is 3.24. The largest absolute Gasteiger partial charge is 0.504 e. The van der Waals surface area contributed by atoms with Crippen molar-refractivity contribution in [2.24, 2.45) is 5.10 Å². The van der Waals surface area contributed by atoms with Crippen molar-refractivity contribution >= 4 is 23.5 Å². The van der Waals surface area contributed by atoms with Crippen molar-refractivity contribution in [3.63, 3.8) is 0 Å². The SMILES string of the molecule is C=CCNC(=S)N/N=C/c1ccc(OC)c(O)c1. The number of phenols is 1. The van der Waals surface area contributed by atoms with Crippen LogP contribution in [-0.4, -0.2) is 30.1 Å². The Bertz CT molecular complexity index is 461. The molecule has 1 rings (SSSR count). The van der Waals surface area contributed by atoms with Crippen molar-refractivity contribution < 1.29 is 9.84 Å². The van der Waals surface area contributed by atoms with Gasteiger partial charge in [-0.15, -0.1) is 6.58 Å². The van der Waals surface area contributed by atoms with E-state index in [2.05, 4.69) is 22.4 Å². The van der Waals surface area contributed by atoms with Gasteiger partial charge in [-0.3, -0.25) is 5.43 Å². The Hall–Kier alpha value is -2.08. The lowest BCUT2D eigenvalue weighted by molar-refractivity contribution is 0.373. The predicted molar refractivity (Wildman–Crippen MR) is 76.2 cm³/mol. The highest BCUT2D eigenvalue weighted by molar-refractivity contribution is 7.80. The summed E-state index contributed by atoms with van der Waals surface area (Å²) < 4.78 is 4.94. The van der Waals surface area contributed by atoms with Gasteiger partial charge in [0.25, 0.3) is 0 Å². The molecule has 0 aliphatic heterocycles. The molecule has 96 valence electrons. The number of hydrogen-bond acceptors (Lipinski definition) is 4. The minimum absolute atomic E-state index is 0.0637. The smallest absolute Gasteiger partial charge is 0.187 e. The second-order valence-corrected chi connectivity index (χ2v) is 3.71. The number of hydrazone groups is 1. The normalized spacial score (nSPS) is 10.1. The summed E-state index contributed by atoms with van der Waals surface area (Å²) >= 11 is 4.95. The Labute approximate surface area is 111 Å². The van der Waals surface area contributed by atoms with Crippen LogP contribution < -0.4 is 15.5 Å². The maximum Gasteiger partial charge on any atom is 0.187 e. The van der Waals surface area contributed by atoms with Gasteiger partial charge < -0.3 is 15.2 Å². The number of methoxy groups -OCH3 is 1. The maximum absolute atomic E-state index is 9.56. The van der Waals surface area contributed by atoms with E-state index in [1.807, 2.05) is 0 Å². The molecular formula is C12H15N3O2S. The molecular weight excluding hydrogens is 250 g/mol. The lowest BCUT2D eigenvalue weighted by atomic mass is 10.2. The molecule has 0 aliphatic carbocycles. The summed E-state index contributed by atoms with van der Waals surface area (Å²) in [6.45, 7) is 4.13. The summed E-state index contributed by atoms with van der Waals surface area (Å²) in [5.74, 6) is 0.483. The fraction of sp³-hybridized carbons (Fsp3) is 0.167. The Kier molecular flexibility index (Phi) is 5.66. The van der Waals surface area contributed by atoms with Gasteiger partial charge in [0.15, 0.2) is 16.6 Å². The molecule has 0 saturated carbocycles. The molecule has 18 heavy (non-hydrogen) atoms. The summed E-state index contributed by atoms with van der Waals surface area (Å²) in [4.78, 5) is 0. The third-order valence-electron chi connectivity index (χ3n) is 1.99. The molecule has 0 atom stereocenters. The minimum Gasteiger partial charge on any atom is -0.504 e. The number of nitrogens with zero attached hydrogens (tertiary/aromatic N) is 1. The third-order valence-corrected chi connectivity index (χ3v) is 2.23. The van der Waals surface area contributed by atoms with Crippen molar-refractivity contribution in [3.05, 3.63) is 36.4 Å². The van der Waals surface area contributed by atoms with Crippen molar-refractivity contribution in [1.82, 2.24) is 10.7 Å². The molecule has 0 saturated heterocycles. The number of ether oxygens (including phenoxy) is 1. The molecule has 0 heterocycles. The van der Waals surface area contributed by atoms with Gasteiger partial charge in [-0.2, -0.15) is 5.10 Å². The molecule has 0 bridgehead atoms. The van der Waals surface area contributed by atoms with Gasteiger partial charge in [0, 0.05) is 6.54 Å². The fourth-order valence-corrected chi connectivity index (χ4v) is 1.29. The van der Waals surface area contributed by atoms with Crippen LogP contribution in [0.5, 0.6) is 11.5 Å². The van der Waals surface area contributed by atoms with Crippen LogP contribution in [0.2, 0.25) is 0 Å². The lowest BCUT2D eigenvalue weighted by Gasteiger charge is -2.04. The van der Waals surface area contributed by atoms with Crippen LogP contribution in [0.25, 0.3) is 0 Å². The first kappa shape index (κ1) is 14.0. The minimum atomic E-state index is 0.0637. The molecule has 0 aliphatic rings. The van der Waals surface area contributed by atoms with E-state index in [1.165, 1.54) is 7.11 Å². The van der Waals surface area contributed by atoms with Crippen molar-refractivity contribution in [1.29, 1.82) is 0 Å². The first-order valence-electron chi connectivity index (χ1n) is 5.22. The van der Waals surface area contributed by atoms with E-state index in [4.69, 9.17) is 17.0 Å². The average molecular weight is 265 g/mol. The van der Waals surface area contributed by atoms with Gasteiger partial charge in [-0.05, 0) is 36.0 Å². The van der Waals surface area contributed by atoms with Gasteiger partial charge >= 0.3 is 0 Å². The molecule has 6 heteroatoms. The van der Waals surface area contributed by atoms with Gasteiger partial charge in [0.05, 0.1) is 13.3 Å². The first-order valence-corrected chi connectivity index (χ1v) is 5.63. The van der Waals surface area contributed by atoms with Crippen molar-refractivity contribution in [3.8, 4) is 11.5 Å². The molecule has 1 aromatic rings. The highest BCUT2D eigenvalue weighted by Gasteiger charge is 2.00. The van der Waals surface area contributed by atoms with Crippen molar-refractivity contribution in [2.45, 2.75) is 0 Å². The van der Waals surface area contributed by atoms with Crippen LogP contribution in [0.1, 0.15) is 5.56 Å². The van der Waals surface area contributed by atoms with Gasteiger partial charge in [0.2, 0.25) is 0 Å². The van der Waals surface area contributed by atoms with Gasteiger partial charge in [-0.25, -0.2) is 0 Å². The van der Waals surface area contributed by atoms with Crippen LogP contribution in [0.15, 0.2) is 36.0 Å². The van der Waals surface area contributed by atoms with Gasteiger partial charge in [-0.1, -0.05) is 6.08 Å². The first-order chi connectivity index (χ1) is 8.67. The van der Waals surface area contributed by atoms with E-state index in [-0.39, 0.29) is 5.75 Å². The number of hydrogen-bond donors (Lipinski definition) is 3. The van der Waals surface area contributed by atoms with E-state index in [0.717, 1.165) is 5.56 Å². The Morgan fingerprint density at radius 3 is 3.00 bits per heavy atom. The van der Waals surface area contributed by atoms with Crippen LogP contribution in [0, 0.1) is 0 Å². The number of aromatic hydroxyl groups is 1. The van der Waals surface area contributed by atoms with Crippen LogP contribution in [-0.2, 0) is 0 Å². The van der Waals surface area contributed by atoms with E-state index >= 15 is 0 Å². The summed E-state index contributed by atoms with van der Waals surface area (Å²) in [5.41, 5.74) is 3.37. The highest BCUT2D eigenvalue weighted by Crippen LogP contribution is 2.25. The standard InChI is InChI=1S/C12H15N3O2S/c1-3-6-13-12(18)15-14-8-9-4-5-11(17-2)10(16)7-9/h3-5,7-8,16H,1,6H2,2H3,(H2,13,15,18)/b14-8+. The Morgan fingerprint density at radius 1 is 1.61 bits per heavy atom. The molecule has 0 amide bonds. The molecule has 0 spiro atoms. The second kappa shape index (κ2) is 7.29. The van der Waals surface area contributed by atoms with Crippen LogP contribution >= 0.6 is 12.2 Å². The quantitative estimate of drug-likeness (QED) is 0.325. The number of phenolic OH excluding ortho intramolecular Hbond substituents is 1. The Balaban J connectivity index is 2.54. The molecule has 0 fully saturated rings. The number of rotatable bonds is 5. The fourth-order valence-electron chi connectivity index (χ4n) is 1.16. The monoisotopic (exact) mass is 265 g/mol. The van der Waals surface area contributed by atoms with Crippen LogP contribution in [0.4, 0.5) is 0 Å². The van der Waals surface area contributed by atoms with E-state index < -0.39 is 0 Å². The predicted octanol–water partition coefficient (Wildman–Crippen LogP) is 1.38. The maximum atomic E-state index is 9.56. The topological polar surface area (TPSA) is 65.9 Å². The summed E-state index contributed by atoms with van der Waals surface area (Å²) in [6, 6.07) is 4.97. The number of benzene rings is 1. The van der Waals surface area contributed by atoms with Crippen LogP contribution in [0.3, 0.4) is 0 Å². The molecule has 5 nitrogen and oxygen atoms in total. The summed E-state index contributed by atoms with van der Waals surface area (Å²) in [5, 5.41) is 16.8. The molecule has 0 radical (unpaired) electrons. The molecule has 1 aromatic carbocycles. The zero-order valence-corrected chi connectivity index (χ0v) is 10.8. The van der Waals surface area contributed by atoms with Gasteiger partial charge in [0.1, 0.15) is 0 Å². The zero-order chi connectivity index (χ0) is 13.4. The zero-order valence-electron chi connectivity index (χ0n) is 10.0. The van der Waals surface area contributed by atoms with E-state index in [1.54, 1.807) is 30.5 Å².